The summed E-state index contributed by atoms with van der Waals surface area (Å²) >= 11 is 1.64. The van der Waals surface area contributed by atoms with E-state index in [2.05, 4.69) is 4.40 Å². The largest absolute Gasteiger partial charge is 0.229 e. The molecular formula is C7H17NS. The highest BCUT2D eigenvalue weighted by Gasteiger charge is 1.87. The van der Waals surface area contributed by atoms with Crippen LogP contribution in [-0.4, -0.2) is 12.0 Å². The van der Waals surface area contributed by atoms with Gasteiger partial charge in [-0.05, 0) is 18.4 Å². The van der Waals surface area contributed by atoms with Gasteiger partial charge in [-0.3, -0.25) is 0 Å². The van der Waals surface area contributed by atoms with E-state index in [0.29, 0.717) is 0 Å². The molecule has 0 fully saturated rings. The van der Waals surface area contributed by atoms with Crippen molar-refractivity contribution in [3.8, 4) is 0 Å². The third kappa shape index (κ3) is 11.5. The van der Waals surface area contributed by atoms with Gasteiger partial charge in [-0.25, -0.2) is 4.40 Å². The van der Waals surface area contributed by atoms with Crippen LogP contribution in [0, 0.1) is 0 Å². The molecule has 1 aliphatic heterocycles. The molecule has 0 N–H and O–H groups in total. The summed E-state index contributed by atoms with van der Waals surface area (Å²) in [5, 5.41) is 0. The van der Waals surface area contributed by atoms with Gasteiger partial charge in [0, 0.05) is 12.0 Å². The van der Waals surface area contributed by atoms with Crippen LogP contribution in [0.1, 0.15) is 34.1 Å². The lowest BCUT2D eigenvalue weighted by atomic mass is 10.6. The molecule has 1 aliphatic rings. The van der Waals surface area contributed by atoms with Gasteiger partial charge in [0.2, 0.25) is 0 Å². The minimum atomic E-state index is 1.17. The van der Waals surface area contributed by atoms with E-state index in [0.717, 1.165) is 0 Å². The highest BCUT2D eigenvalue weighted by molar-refractivity contribution is 7.98. The standard InChI is InChI=1S/C3H5NS.2C2H6/c1-2-4-5-3-1;2*1-2/h2H,1,3H2;2*1-2H3. The maximum atomic E-state index is 3.88. The third-order valence-electron chi connectivity index (χ3n) is 0.487. The van der Waals surface area contributed by atoms with E-state index in [-0.39, 0.29) is 0 Å². The minimum Gasteiger partial charge on any atom is -0.229 e. The molecule has 0 aliphatic carbocycles. The smallest absolute Gasteiger partial charge is 0.0202 e. The summed E-state index contributed by atoms with van der Waals surface area (Å²) in [6, 6.07) is 0. The zero-order valence-electron chi connectivity index (χ0n) is 6.85. The van der Waals surface area contributed by atoms with E-state index in [9.17, 15) is 0 Å². The van der Waals surface area contributed by atoms with Gasteiger partial charge in [-0.15, -0.1) is 0 Å². The average Bonchev–Trinajstić information content (AvgIpc) is 2.51. The predicted octanol–water partition coefficient (Wildman–Crippen LogP) is 3.16. The zero-order chi connectivity index (χ0) is 7.54. The molecule has 9 heavy (non-hydrogen) atoms. The Morgan fingerprint density at radius 1 is 1.22 bits per heavy atom. The lowest BCUT2D eigenvalue weighted by Gasteiger charge is -1.66. The summed E-state index contributed by atoms with van der Waals surface area (Å²) in [5.41, 5.74) is 0. The van der Waals surface area contributed by atoms with Crippen molar-refractivity contribution in [3.05, 3.63) is 0 Å². The molecule has 0 saturated heterocycles. The first-order valence-electron chi connectivity index (χ1n) is 3.64. The normalized spacial score (nSPS) is 12.9. The number of hydrogen-bond donors (Lipinski definition) is 0. The van der Waals surface area contributed by atoms with Crippen LogP contribution >= 0.6 is 11.9 Å². The Labute approximate surface area is 63.1 Å². The van der Waals surface area contributed by atoms with Crippen LogP contribution in [0.15, 0.2) is 4.40 Å². The van der Waals surface area contributed by atoms with Crippen molar-refractivity contribution in [1.82, 2.24) is 0 Å². The molecule has 0 spiro atoms. The van der Waals surface area contributed by atoms with Crippen LogP contribution in [0.4, 0.5) is 0 Å². The first-order chi connectivity index (χ1) is 4.50. The van der Waals surface area contributed by atoms with Crippen molar-refractivity contribution in [1.29, 1.82) is 0 Å². The molecule has 1 heterocycles. The Morgan fingerprint density at radius 3 is 1.89 bits per heavy atom. The lowest BCUT2D eigenvalue weighted by Crippen LogP contribution is -1.62. The van der Waals surface area contributed by atoms with E-state index >= 15 is 0 Å². The van der Waals surface area contributed by atoms with E-state index in [1.165, 1.54) is 12.2 Å². The van der Waals surface area contributed by atoms with Crippen molar-refractivity contribution in [2.45, 2.75) is 34.1 Å². The maximum absolute atomic E-state index is 3.88. The molecule has 0 radical (unpaired) electrons. The fourth-order valence-corrected chi connectivity index (χ4v) is 0.791. The predicted molar refractivity (Wildman–Crippen MR) is 48.3 cm³/mol. The fourth-order valence-electron chi connectivity index (χ4n) is 0.264. The van der Waals surface area contributed by atoms with Crippen LogP contribution in [0.25, 0.3) is 0 Å². The van der Waals surface area contributed by atoms with Gasteiger partial charge in [0.05, 0.1) is 0 Å². The Bertz CT molecular complexity index is 46.9. The molecule has 1 nitrogen and oxygen atoms in total. The van der Waals surface area contributed by atoms with Crippen LogP contribution in [-0.2, 0) is 0 Å². The first-order valence-corrected chi connectivity index (χ1v) is 4.58. The second-order valence-electron chi connectivity index (χ2n) is 0.910. The number of hydrogen-bond acceptors (Lipinski definition) is 2. The van der Waals surface area contributed by atoms with Gasteiger partial charge in [0.25, 0.3) is 0 Å². The third-order valence-corrected chi connectivity index (χ3v) is 1.20. The summed E-state index contributed by atoms with van der Waals surface area (Å²) in [6.45, 7) is 8.00. The van der Waals surface area contributed by atoms with E-state index < -0.39 is 0 Å². The Balaban J connectivity index is 0. The van der Waals surface area contributed by atoms with Crippen LogP contribution in [0.2, 0.25) is 0 Å². The average molecular weight is 147 g/mol. The van der Waals surface area contributed by atoms with Gasteiger partial charge in [0.1, 0.15) is 0 Å². The highest BCUT2D eigenvalue weighted by atomic mass is 32.2. The van der Waals surface area contributed by atoms with Crippen LogP contribution in [0.3, 0.4) is 0 Å². The molecule has 0 unspecified atom stereocenters. The quantitative estimate of drug-likeness (QED) is 0.479. The summed E-state index contributed by atoms with van der Waals surface area (Å²) in [7, 11) is 0. The molecule has 0 atom stereocenters. The molecule has 56 valence electrons. The maximum Gasteiger partial charge on any atom is 0.0202 e. The van der Waals surface area contributed by atoms with E-state index in [4.69, 9.17) is 0 Å². The molecule has 0 aromatic carbocycles. The van der Waals surface area contributed by atoms with Crippen molar-refractivity contribution in [2.24, 2.45) is 4.40 Å². The highest BCUT2D eigenvalue weighted by Crippen LogP contribution is 2.07. The molecule has 0 amide bonds. The van der Waals surface area contributed by atoms with Crippen LogP contribution in [0.5, 0.6) is 0 Å². The van der Waals surface area contributed by atoms with Gasteiger partial charge >= 0.3 is 0 Å². The van der Waals surface area contributed by atoms with E-state index in [1.54, 1.807) is 11.9 Å². The molecule has 0 aromatic heterocycles. The molecule has 2 heteroatoms. The van der Waals surface area contributed by atoms with Gasteiger partial charge in [-0.1, -0.05) is 27.7 Å². The van der Waals surface area contributed by atoms with Gasteiger partial charge in [0.15, 0.2) is 0 Å². The number of nitrogens with zero attached hydrogens (tertiary/aromatic N) is 1. The van der Waals surface area contributed by atoms with Crippen molar-refractivity contribution >= 4 is 18.2 Å². The van der Waals surface area contributed by atoms with Crippen molar-refractivity contribution < 1.29 is 0 Å². The minimum absolute atomic E-state index is 1.17. The summed E-state index contributed by atoms with van der Waals surface area (Å²) < 4.78 is 3.88. The summed E-state index contributed by atoms with van der Waals surface area (Å²) in [5.74, 6) is 1.19. The van der Waals surface area contributed by atoms with Crippen molar-refractivity contribution in [3.63, 3.8) is 0 Å². The van der Waals surface area contributed by atoms with Crippen molar-refractivity contribution in [2.75, 3.05) is 5.75 Å². The molecule has 0 saturated carbocycles. The molecule has 0 aromatic rings. The van der Waals surface area contributed by atoms with E-state index in [1.807, 2.05) is 33.9 Å². The summed E-state index contributed by atoms with van der Waals surface area (Å²) in [6.07, 6.45) is 3.12. The lowest BCUT2D eigenvalue weighted by molar-refractivity contribution is 1.39. The fraction of sp³-hybridized carbons (Fsp3) is 0.857. The first kappa shape index (κ1) is 11.8. The second-order valence-corrected chi connectivity index (χ2v) is 1.79. The summed E-state index contributed by atoms with van der Waals surface area (Å²) in [4.78, 5) is 0. The Morgan fingerprint density at radius 2 is 1.78 bits per heavy atom. The molecule has 0 bridgehead atoms. The SMILES string of the molecule is C1=NSCC1.CC.CC. The van der Waals surface area contributed by atoms with Crippen LogP contribution < -0.4 is 0 Å². The second kappa shape index (κ2) is 15.7. The topological polar surface area (TPSA) is 12.4 Å². The zero-order valence-corrected chi connectivity index (χ0v) is 7.66. The Kier molecular flexibility index (Phi) is 20.5. The van der Waals surface area contributed by atoms with Gasteiger partial charge < -0.3 is 0 Å². The molecular weight excluding hydrogens is 130 g/mol. The molecule has 1 rings (SSSR count). The number of rotatable bonds is 0. The monoisotopic (exact) mass is 147 g/mol. The Hall–Kier alpha value is 0.0200. The van der Waals surface area contributed by atoms with Gasteiger partial charge in [-0.2, -0.15) is 0 Å².